The number of nitrogens with zero attached hydrogens (tertiary/aromatic N) is 4. The molecule has 2 rings (SSSR count). The summed E-state index contributed by atoms with van der Waals surface area (Å²) in [6, 6.07) is 1.89. The molecular weight excluding hydrogens is 376 g/mol. The third-order valence-electron chi connectivity index (χ3n) is 1.93. The van der Waals surface area contributed by atoms with E-state index in [9.17, 15) is 4.79 Å². The van der Waals surface area contributed by atoms with Gasteiger partial charge in [-0.1, -0.05) is 0 Å². The van der Waals surface area contributed by atoms with Gasteiger partial charge in [-0.15, -0.1) is 16.4 Å². The van der Waals surface area contributed by atoms with E-state index < -0.39 is 5.97 Å². The lowest BCUT2D eigenvalue weighted by Crippen LogP contribution is -2.07. The van der Waals surface area contributed by atoms with Gasteiger partial charge in [0.25, 0.3) is 0 Å². The highest BCUT2D eigenvalue weighted by Crippen LogP contribution is 2.37. The lowest BCUT2D eigenvalue weighted by Gasteiger charge is -1.99. The maximum absolute atomic E-state index is 10.5. The zero-order chi connectivity index (χ0) is 12.4. The molecule has 17 heavy (non-hydrogen) atoms. The van der Waals surface area contributed by atoms with Crippen molar-refractivity contribution in [1.29, 1.82) is 0 Å². The van der Waals surface area contributed by atoms with Gasteiger partial charge < -0.3 is 5.11 Å². The molecule has 0 aliphatic rings. The van der Waals surface area contributed by atoms with Gasteiger partial charge in [-0.3, -0.25) is 4.79 Å². The van der Waals surface area contributed by atoms with E-state index in [1.165, 1.54) is 16.0 Å². The highest BCUT2D eigenvalue weighted by Gasteiger charge is 2.14. The first-order chi connectivity index (χ1) is 8.08. The van der Waals surface area contributed by atoms with Crippen molar-refractivity contribution in [3.8, 4) is 10.7 Å². The molecule has 0 bridgehead atoms. The standard InChI is InChI=1S/C8H6Br2N4O2S/c9-4-3-5(17-7(4)10)8-11-12-13-14(8)2-1-6(15)16/h3H,1-2H2,(H,15,16). The molecule has 2 heterocycles. The summed E-state index contributed by atoms with van der Waals surface area (Å²) < 4.78 is 3.35. The number of hydrogen-bond acceptors (Lipinski definition) is 5. The van der Waals surface area contributed by atoms with Crippen molar-refractivity contribution < 1.29 is 9.90 Å². The number of halogens is 2. The zero-order valence-corrected chi connectivity index (χ0v) is 12.3. The van der Waals surface area contributed by atoms with Crippen LogP contribution in [0, 0.1) is 0 Å². The van der Waals surface area contributed by atoms with Crippen molar-refractivity contribution in [3.05, 3.63) is 14.3 Å². The van der Waals surface area contributed by atoms with Crippen LogP contribution in [0.5, 0.6) is 0 Å². The summed E-state index contributed by atoms with van der Waals surface area (Å²) >= 11 is 8.25. The number of carbonyl (C=O) groups is 1. The second kappa shape index (κ2) is 5.23. The second-order valence-electron chi connectivity index (χ2n) is 3.10. The maximum Gasteiger partial charge on any atom is 0.305 e. The number of carboxylic acids is 1. The van der Waals surface area contributed by atoms with Crippen molar-refractivity contribution in [2.24, 2.45) is 0 Å². The SMILES string of the molecule is O=C(O)CCn1nnnc1-c1cc(Br)c(Br)s1. The Hall–Kier alpha value is -0.800. The summed E-state index contributed by atoms with van der Waals surface area (Å²) in [5.41, 5.74) is 0. The molecule has 0 saturated heterocycles. The summed E-state index contributed by atoms with van der Waals surface area (Å²) in [6.07, 6.45) is -0.00818. The molecule has 0 aliphatic heterocycles. The van der Waals surface area contributed by atoms with Crippen LogP contribution in [0.4, 0.5) is 0 Å². The molecule has 0 amide bonds. The molecule has 1 N–H and O–H groups in total. The Morgan fingerprint density at radius 2 is 2.29 bits per heavy atom. The van der Waals surface area contributed by atoms with Crippen molar-refractivity contribution >= 4 is 49.2 Å². The molecule has 0 spiro atoms. The average Bonchev–Trinajstić information content (AvgIpc) is 2.83. The van der Waals surface area contributed by atoms with E-state index in [0.29, 0.717) is 5.82 Å². The Bertz CT molecular complexity index is 534. The molecule has 0 saturated carbocycles. The van der Waals surface area contributed by atoms with Gasteiger partial charge in [-0.2, -0.15) is 0 Å². The minimum absolute atomic E-state index is 0.00818. The van der Waals surface area contributed by atoms with Crippen molar-refractivity contribution in [2.45, 2.75) is 13.0 Å². The topological polar surface area (TPSA) is 80.9 Å². The van der Waals surface area contributed by atoms with Gasteiger partial charge in [0.2, 0.25) is 0 Å². The molecule has 9 heteroatoms. The van der Waals surface area contributed by atoms with Crippen LogP contribution in [0.15, 0.2) is 14.3 Å². The number of thiophene rings is 1. The normalized spacial score (nSPS) is 10.7. The van der Waals surface area contributed by atoms with Gasteiger partial charge in [-0.25, -0.2) is 4.68 Å². The van der Waals surface area contributed by atoms with Gasteiger partial charge in [0, 0.05) is 4.47 Å². The maximum atomic E-state index is 10.5. The molecule has 0 atom stereocenters. The monoisotopic (exact) mass is 380 g/mol. The van der Waals surface area contributed by atoms with Gasteiger partial charge in [-0.05, 0) is 48.4 Å². The van der Waals surface area contributed by atoms with Crippen LogP contribution >= 0.6 is 43.2 Å². The predicted molar refractivity (Wildman–Crippen MR) is 68.8 cm³/mol. The average molecular weight is 382 g/mol. The summed E-state index contributed by atoms with van der Waals surface area (Å²) in [6.45, 7) is 0.255. The third-order valence-corrected chi connectivity index (χ3v) is 5.19. The Labute approximate surface area is 117 Å². The van der Waals surface area contributed by atoms with E-state index in [1.54, 1.807) is 0 Å². The van der Waals surface area contributed by atoms with Crippen molar-refractivity contribution in [1.82, 2.24) is 20.2 Å². The molecule has 0 fully saturated rings. The van der Waals surface area contributed by atoms with Crippen LogP contribution in [-0.2, 0) is 11.3 Å². The smallest absolute Gasteiger partial charge is 0.305 e. The Morgan fingerprint density at radius 1 is 1.53 bits per heavy atom. The molecule has 90 valence electrons. The van der Waals surface area contributed by atoms with Crippen LogP contribution < -0.4 is 0 Å². The minimum atomic E-state index is -0.875. The fraction of sp³-hybridized carbons (Fsp3) is 0.250. The lowest BCUT2D eigenvalue weighted by atomic mass is 10.4. The molecule has 0 radical (unpaired) electrons. The van der Waals surface area contributed by atoms with Gasteiger partial charge >= 0.3 is 5.97 Å². The van der Waals surface area contributed by atoms with Crippen LogP contribution in [0.1, 0.15) is 6.42 Å². The van der Waals surface area contributed by atoms with Gasteiger partial charge in [0.15, 0.2) is 5.82 Å². The van der Waals surface area contributed by atoms with E-state index in [-0.39, 0.29) is 13.0 Å². The van der Waals surface area contributed by atoms with Crippen LogP contribution in [0.25, 0.3) is 10.7 Å². The van der Waals surface area contributed by atoms with E-state index >= 15 is 0 Å². The molecule has 6 nitrogen and oxygen atoms in total. The largest absolute Gasteiger partial charge is 0.481 e. The number of aryl methyl sites for hydroxylation is 1. The van der Waals surface area contributed by atoms with E-state index in [2.05, 4.69) is 47.4 Å². The minimum Gasteiger partial charge on any atom is -0.481 e. The summed E-state index contributed by atoms with van der Waals surface area (Å²) in [5, 5.41) is 19.9. The molecular formula is C8H6Br2N4O2S. The van der Waals surface area contributed by atoms with Crippen LogP contribution in [-0.4, -0.2) is 31.3 Å². The molecule has 0 aromatic carbocycles. The summed E-state index contributed by atoms with van der Waals surface area (Å²) in [7, 11) is 0. The number of aromatic nitrogens is 4. The number of carboxylic acid groups (broad SMARTS) is 1. The van der Waals surface area contributed by atoms with Gasteiger partial charge in [0.1, 0.15) is 0 Å². The first kappa shape index (κ1) is 12.7. The Morgan fingerprint density at radius 3 is 2.88 bits per heavy atom. The second-order valence-corrected chi connectivity index (χ2v) is 6.33. The van der Waals surface area contributed by atoms with Gasteiger partial charge in [0.05, 0.1) is 21.6 Å². The predicted octanol–water partition coefficient (Wildman–Crippen LogP) is 2.40. The molecule has 2 aromatic rings. The first-order valence-electron chi connectivity index (χ1n) is 4.51. The Kier molecular flexibility index (Phi) is 3.89. The molecule has 0 unspecified atom stereocenters. The fourth-order valence-corrected chi connectivity index (χ4v) is 3.21. The first-order valence-corrected chi connectivity index (χ1v) is 6.91. The summed E-state index contributed by atoms with van der Waals surface area (Å²) in [4.78, 5) is 11.4. The quantitative estimate of drug-likeness (QED) is 0.879. The number of tetrazole rings is 1. The number of hydrogen-bond donors (Lipinski definition) is 1. The highest BCUT2D eigenvalue weighted by atomic mass is 79.9. The van der Waals surface area contributed by atoms with E-state index in [4.69, 9.17) is 5.11 Å². The van der Waals surface area contributed by atoms with E-state index in [1.807, 2.05) is 6.07 Å². The van der Waals surface area contributed by atoms with Crippen molar-refractivity contribution in [2.75, 3.05) is 0 Å². The fourth-order valence-electron chi connectivity index (χ4n) is 1.19. The lowest BCUT2D eigenvalue weighted by molar-refractivity contribution is -0.137. The van der Waals surface area contributed by atoms with Crippen LogP contribution in [0.3, 0.4) is 0 Å². The molecule has 0 aliphatic carbocycles. The summed E-state index contributed by atoms with van der Waals surface area (Å²) in [5.74, 6) is -0.303. The number of rotatable bonds is 4. The highest BCUT2D eigenvalue weighted by molar-refractivity contribution is 9.13. The number of aliphatic carboxylic acids is 1. The van der Waals surface area contributed by atoms with Crippen molar-refractivity contribution in [3.63, 3.8) is 0 Å². The Balaban J connectivity index is 2.27. The third kappa shape index (κ3) is 2.90. The zero-order valence-electron chi connectivity index (χ0n) is 8.30. The van der Waals surface area contributed by atoms with E-state index in [0.717, 1.165) is 13.1 Å². The van der Waals surface area contributed by atoms with Crippen LogP contribution in [0.2, 0.25) is 0 Å². The molecule has 2 aromatic heterocycles.